The number of nitrogens with zero attached hydrogens (tertiary/aromatic N) is 4. The van der Waals surface area contributed by atoms with Gasteiger partial charge >= 0.3 is 0 Å². The van der Waals surface area contributed by atoms with Crippen molar-refractivity contribution in [1.82, 2.24) is 20.3 Å². The van der Waals surface area contributed by atoms with Gasteiger partial charge in [-0.2, -0.15) is 0 Å². The van der Waals surface area contributed by atoms with Crippen LogP contribution >= 0.6 is 11.8 Å². The molecule has 3 aromatic rings. The number of aryl methyl sites for hydroxylation is 1. The van der Waals surface area contributed by atoms with Gasteiger partial charge in [0.05, 0.1) is 5.25 Å². The zero-order valence-corrected chi connectivity index (χ0v) is 13.9. The van der Waals surface area contributed by atoms with E-state index in [0.717, 1.165) is 5.56 Å². The summed E-state index contributed by atoms with van der Waals surface area (Å²) < 4.78 is 10.5. The number of anilines is 1. The molecular weight excluding hydrogens is 330 g/mol. The lowest BCUT2D eigenvalue weighted by molar-refractivity contribution is -0.115. The zero-order chi connectivity index (χ0) is 16.9. The molecule has 0 aromatic carbocycles. The quantitative estimate of drug-likeness (QED) is 0.680. The SMILES string of the molecule is CC[C@@H](Sc1nnc(-c2ccncc2)o1)C(=O)Nc1cc(C)on1. The molecule has 0 aliphatic heterocycles. The number of amides is 1. The summed E-state index contributed by atoms with van der Waals surface area (Å²) in [6.45, 7) is 3.67. The van der Waals surface area contributed by atoms with Crippen LogP contribution in [0.4, 0.5) is 5.82 Å². The molecule has 0 unspecified atom stereocenters. The van der Waals surface area contributed by atoms with Crippen molar-refractivity contribution in [2.24, 2.45) is 0 Å². The lowest BCUT2D eigenvalue weighted by Gasteiger charge is -2.10. The molecule has 0 saturated carbocycles. The van der Waals surface area contributed by atoms with E-state index in [1.54, 1.807) is 37.5 Å². The van der Waals surface area contributed by atoms with Gasteiger partial charge in [0, 0.05) is 24.0 Å². The van der Waals surface area contributed by atoms with Gasteiger partial charge in [0.1, 0.15) is 5.76 Å². The fourth-order valence-corrected chi connectivity index (χ4v) is 2.74. The van der Waals surface area contributed by atoms with Crippen LogP contribution in [0.25, 0.3) is 11.5 Å². The second-order valence-electron chi connectivity index (χ2n) is 4.94. The number of nitrogens with one attached hydrogen (secondary N) is 1. The van der Waals surface area contributed by atoms with E-state index in [2.05, 4.69) is 25.7 Å². The van der Waals surface area contributed by atoms with Crippen LogP contribution in [-0.2, 0) is 4.79 Å². The lowest BCUT2D eigenvalue weighted by atomic mass is 10.3. The lowest BCUT2D eigenvalue weighted by Crippen LogP contribution is -2.24. The first kappa shape index (κ1) is 16.2. The molecule has 1 atom stereocenters. The molecule has 0 radical (unpaired) electrons. The van der Waals surface area contributed by atoms with E-state index in [9.17, 15) is 4.79 Å². The number of carbonyl (C=O) groups is 1. The highest BCUT2D eigenvalue weighted by Crippen LogP contribution is 2.28. The third-order valence-electron chi connectivity index (χ3n) is 3.12. The second-order valence-corrected chi connectivity index (χ2v) is 6.09. The van der Waals surface area contributed by atoms with Crippen molar-refractivity contribution in [1.29, 1.82) is 0 Å². The van der Waals surface area contributed by atoms with E-state index >= 15 is 0 Å². The van der Waals surface area contributed by atoms with Crippen molar-refractivity contribution in [3.8, 4) is 11.5 Å². The van der Waals surface area contributed by atoms with E-state index in [-0.39, 0.29) is 11.2 Å². The Kier molecular flexibility index (Phi) is 4.90. The number of rotatable bonds is 6. The highest BCUT2D eigenvalue weighted by molar-refractivity contribution is 8.00. The predicted molar refractivity (Wildman–Crippen MR) is 87.3 cm³/mol. The van der Waals surface area contributed by atoms with Crippen molar-refractivity contribution in [3.05, 3.63) is 36.4 Å². The Morgan fingerprint density at radius 1 is 1.33 bits per heavy atom. The van der Waals surface area contributed by atoms with Crippen molar-refractivity contribution in [3.63, 3.8) is 0 Å². The smallest absolute Gasteiger partial charge is 0.277 e. The average Bonchev–Trinajstić information content (AvgIpc) is 3.22. The molecule has 0 fully saturated rings. The largest absolute Gasteiger partial charge is 0.411 e. The molecule has 0 spiro atoms. The Morgan fingerprint density at radius 2 is 2.12 bits per heavy atom. The first-order chi connectivity index (χ1) is 11.7. The summed E-state index contributed by atoms with van der Waals surface area (Å²) in [6, 6.07) is 5.21. The predicted octanol–water partition coefficient (Wildman–Crippen LogP) is 2.94. The summed E-state index contributed by atoms with van der Waals surface area (Å²) in [4.78, 5) is 16.3. The van der Waals surface area contributed by atoms with Crippen LogP contribution in [0.1, 0.15) is 19.1 Å². The molecule has 0 bridgehead atoms. The van der Waals surface area contributed by atoms with Crippen LogP contribution in [0.3, 0.4) is 0 Å². The van der Waals surface area contributed by atoms with E-state index < -0.39 is 0 Å². The Morgan fingerprint density at radius 3 is 2.79 bits per heavy atom. The van der Waals surface area contributed by atoms with Gasteiger partial charge in [-0.05, 0) is 25.5 Å². The highest BCUT2D eigenvalue weighted by atomic mass is 32.2. The number of carbonyl (C=O) groups excluding carboxylic acids is 1. The summed E-state index contributed by atoms with van der Waals surface area (Å²) in [5.74, 6) is 1.21. The number of aromatic nitrogens is 4. The highest BCUT2D eigenvalue weighted by Gasteiger charge is 2.22. The monoisotopic (exact) mass is 345 g/mol. The van der Waals surface area contributed by atoms with Crippen molar-refractivity contribution in [2.45, 2.75) is 30.7 Å². The molecule has 0 saturated heterocycles. The second kappa shape index (κ2) is 7.26. The standard InChI is InChI=1S/C15H15N5O3S/c1-3-11(13(21)17-12-8-9(2)23-20-12)24-15-19-18-14(22-15)10-4-6-16-7-5-10/h4-8,11H,3H2,1-2H3,(H,17,20,21)/t11-/m1/s1. The number of hydrogen-bond acceptors (Lipinski definition) is 8. The fraction of sp³-hybridized carbons (Fsp3) is 0.267. The molecule has 3 aromatic heterocycles. The third kappa shape index (κ3) is 3.80. The molecule has 1 amide bonds. The van der Waals surface area contributed by atoms with Crippen LogP contribution < -0.4 is 5.32 Å². The summed E-state index contributed by atoms with van der Waals surface area (Å²) in [5, 5.41) is 14.4. The summed E-state index contributed by atoms with van der Waals surface area (Å²) in [7, 11) is 0. The van der Waals surface area contributed by atoms with Crippen LogP contribution in [0, 0.1) is 6.92 Å². The molecule has 9 heteroatoms. The molecule has 3 heterocycles. The van der Waals surface area contributed by atoms with Crippen LogP contribution in [-0.4, -0.2) is 31.5 Å². The summed E-state index contributed by atoms with van der Waals surface area (Å²) in [6.07, 6.45) is 3.89. The molecule has 8 nitrogen and oxygen atoms in total. The third-order valence-corrected chi connectivity index (χ3v) is 4.32. The van der Waals surface area contributed by atoms with Crippen molar-refractivity contribution in [2.75, 3.05) is 5.32 Å². The minimum Gasteiger partial charge on any atom is -0.411 e. The summed E-state index contributed by atoms with van der Waals surface area (Å²) >= 11 is 1.21. The van der Waals surface area contributed by atoms with Crippen LogP contribution in [0.15, 0.2) is 44.8 Å². The average molecular weight is 345 g/mol. The topological polar surface area (TPSA) is 107 Å². The molecule has 24 heavy (non-hydrogen) atoms. The molecule has 0 aliphatic carbocycles. The Hall–Kier alpha value is -2.68. The number of thioether (sulfide) groups is 1. The van der Waals surface area contributed by atoms with E-state index in [4.69, 9.17) is 8.94 Å². The minimum absolute atomic E-state index is 0.195. The Balaban J connectivity index is 1.67. The molecular formula is C15H15N5O3S. The zero-order valence-electron chi connectivity index (χ0n) is 13.1. The van der Waals surface area contributed by atoms with Gasteiger partial charge < -0.3 is 14.3 Å². The Bertz CT molecular complexity index is 817. The van der Waals surface area contributed by atoms with Gasteiger partial charge in [-0.1, -0.05) is 23.8 Å². The summed E-state index contributed by atoms with van der Waals surface area (Å²) in [5.41, 5.74) is 0.778. The molecule has 124 valence electrons. The van der Waals surface area contributed by atoms with Crippen LogP contribution in [0.2, 0.25) is 0 Å². The molecule has 0 aliphatic rings. The number of pyridine rings is 1. The maximum absolute atomic E-state index is 12.3. The first-order valence-electron chi connectivity index (χ1n) is 7.30. The van der Waals surface area contributed by atoms with E-state index in [1.165, 1.54) is 11.8 Å². The fourth-order valence-electron chi connectivity index (χ4n) is 1.94. The number of hydrogen-bond donors (Lipinski definition) is 1. The molecule has 1 N–H and O–H groups in total. The van der Waals surface area contributed by atoms with Crippen LogP contribution in [0.5, 0.6) is 0 Å². The van der Waals surface area contributed by atoms with Gasteiger partial charge in [-0.25, -0.2) is 0 Å². The van der Waals surface area contributed by atoms with Gasteiger partial charge in [0.2, 0.25) is 11.8 Å². The van der Waals surface area contributed by atoms with E-state index in [0.29, 0.717) is 29.1 Å². The Labute approximate surface area is 142 Å². The first-order valence-corrected chi connectivity index (χ1v) is 8.18. The van der Waals surface area contributed by atoms with Crippen molar-refractivity contribution >= 4 is 23.5 Å². The van der Waals surface area contributed by atoms with Crippen molar-refractivity contribution < 1.29 is 13.7 Å². The van der Waals surface area contributed by atoms with Gasteiger partial charge in [-0.15, -0.1) is 10.2 Å². The maximum atomic E-state index is 12.3. The van der Waals surface area contributed by atoms with Gasteiger partial charge in [0.15, 0.2) is 5.82 Å². The van der Waals surface area contributed by atoms with Gasteiger partial charge in [-0.3, -0.25) is 9.78 Å². The normalized spacial score (nSPS) is 12.1. The van der Waals surface area contributed by atoms with Gasteiger partial charge in [0.25, 0.3) is 5.22 Å². The molecule has 3 rings (SSSR count). The maximum Gasteiger partial charge on any atom is 0.277 e. The minimum atomic E-state index is -0.382. The van der Waals surface area contributed by atoms with E-state index in [1.807, 2.05) is 6.92 Å².